The van der Waals surface area contributed by atoms with E-state index in [0.717, 1.165) is 46.8 Å². The van der Waals surface area contributed by atoms with E-state index in [1.807, 2.05) is 30.3 Å². The largest absolute Gasteiger partial charge is 0.497 e. The lowest BCUT2D eigenvalue weighted by Crippen LogP contribution is -2.29. The van der Waals surface area contributed by atoms with Crippen LogP contribution < -0.4 is 10.1 Å². The normalized spacial score (nSPS) is 13.7. The summed E-state index contributed by atoms with van der Waals surface area (Å²) in [6, 6.07) is 24.4. The third-order valence-electron chi connectivity index (χ3n) is 6.89. The zero-order chi connectivity index (χ0) is 27.7. The molecule has 1 aliphatic rings. The number of sulfone groups is 1. The molecule has 0 radical (unpaired) electrons. The molecule has 6 rings (SSSR count). The first-order chi connectivity index (χ1) is 19.4. The molecule has 1 N–H and O–H groups in total. The predicted molar refractivity (Wildman–Crippen MR) is 161 cm³/mol. The smallest absolute Gasteiger partial charge is 0.240 e. The van der Waals surface area contributed by atoms with E-state index in [9.17, 15) is 13.2 Å². The number of hydrogen-bond acceptors (Lipinski definition) is 8. The molecular weight excluding hydrogens is 563 g/mol. The number of para-hydroxylation sites is 1. The predicted octanol–water partition coefficient (Wildman–Crippen LogP) is 6.00. The summed E-state index contributed by atoms with van der Waals surface area (Å²) in [7, 11) is -2.32. The molecular formula is C30H27N3O4S3. The number of nitrogens with one attached hydrogen (secondary N) is 1. The van der Waals surface area contributed by atoms with Crippen molar-refractivity contribution < 1.29 is 17.9 Å². The molecule has 10 heteroatoms. The van der Waals surface area contributed by atoms with Crippen molar-refractivity contribution in [2.75, 3.05) is 24.7 Å². The lowest BCUT2D eigenvalue weighted by Gasteiger charge is -2.27. The second kappa shape index (κ2) is 11.1. The van der Waals surface area contributed by atoms with E-state index < -0.39 is 21.5 Å². The number of nitrogens with zero attached hydrogens (tertiary/aromatic N) is 2. The van der Waals surface area contributed by atoms with Gasteiger partial charge in [0.05, 0.1) is 22.2 Å². The van der Waals surface area contributed by atoms with Gasteiger partial charge in [0.2, 0.25) is 5.91 Å². The molecule has 0 saturated carbocycles. The van der Waals surface area contributed by atoms with Gasteiger partial charge in [0.15, 0.2) is 9.84 Å². The van der Waals surface area contributed by atoms with Crippen LogP contribution in [0.1, 0.15) is 16.0 Å². The van der Waals surface area contributed by atoms with E-state index in [2.05, 4.69) is 34.5 Å². The van der Waals surface area contributed by atoms with Crippen LogP contribution in [0.5, 0.6) is 5.75 Å². The van der Waals surface area contributed by atoms with Gasteiger partial charge >= 0.3 is 0 Å². The van der Waals surface area contributed by atoms with E-state index in [1.54, 1.807) is 23.5 Å². The van der Waals surface area contributed by atoms with Gasteiger partial charge in [0.25, 0.3) is 0 Å². The van der Waals surface area contributed by atoms with Crippen molar-refractivity contribution in [1.82, 2.24) is 9.88 Å². The third-order valence-corrected chi connectivity index (χ3v) is 10.7. The van der Waals surface area contributed by atoms with Gasteiger partial charge in [-0.05, 0) is 53.9 Å². The van der Waals surface area contributed by atoms with Crippen LogP contribution in [0.4, 0.5) is 5.00 Å². The SMILES string of the molecule is COc1ccc(S(=O)(=O)CC(=O)Nc2sc3c(c2-c2nc4ccccc4s2)CCN(Cc2ccccc2)C3)cc1. The Hall–Kier alpha value is -3.57. The molecule has 0 bridgehead atoms. The molecule has 1 aliphatic heterocycles. The number of ether oxygens (including phenoxy) is 1. The Morgan fingerprint density at radius 1 is 1.00 bits per heavy atom. The van der Waals surface area contributed by atoms with Gasteiger partial charge in [-0.1, -0.05) is 42.5 Å². The van der Waals surface area contributed by atoms with Crippen molar-refractivity contribution in [3.8, 4) is 16.3 Å². The Kier molecular flexibility index (Phi) is 7.41. The zero-order valence-electron chi connectivity index (χ0n) is 21.8. The Balaban J connectivity index is 1.30. The minimum atomic E-state index is -3.83. The van der Waals surface area contributed by atoms with Gasteiger partial charge in [0.1, 0.15) is 21.5 Å². The summed E-state index contributed by atoms with van der Waals surface area (Å²) < 4.78 is 32.2. The number of fused-ring (bicyclic) bond motifs is 2. The van der Waals surface area contributed by atoms with E-state index in [-0.39, 0.29) is 4.90 Å². The average molecular weight is 590 g/mol. The fourth-order valence-electron chi connectivity index (χ4n) is 4.93. The summed E-state index contributed by atoms with van der Waals surface area (Å²) in [6.07, 6.45) is 0.823. The van der Waals surface area contributed by atoms with Crippen molar-refractivity contribution in [2.45, 2.75) is 24.4 Å². The topological polar surface area (TPSA) is 88.6 Å². The van der Waals surface area contributed by atoms with Crippen LogP contribution in [0.25, 0.3) is 20.8 Å². The Labute approximate surface area is 241 Å². The minimum absolute atomic E-state index is 0.0804. The standard InChI is InChI=1S/C30H27N3O4S3/c1-37-21-11-13-22(14-12-21)40(35,36)19-27(34)32-30-28(29-31-24-9-5-6-10-25(24)38-29)23-15-16-33(18-26(23)39-30)17-20-7-3-2-4-8-20/h2-14H,15-19H2,1H3,(H,32,34). The number of thiazole rings is 1. The molecule has 0 unspecified atom stereocenters. The van der Waals surface area contributed by atoms with E-state index >= 15 is 0 Å². The van der Waals surface area contributed by atoms with Crippen molar-refractivity contribution in [1.29, 1.82) is 0 Å². The second-order valence-corrected chi connectivity index (χ2v) is 13.7. The summed E-state index contributed by atoms with van der Waals surface area (Å²) in [6.45, 7) is 2.49. The van der Waals surface area contributed by atoms with Gasteiger partial charge in [0, 0.05) is 30.1 Å². The molecule has 0 saturated heterocycles. The van der Waals surface area contributed by atoms with Crippen LogP contribution in [0.15, 0.2) is 83.8 Å². The number of thiophene rings is 1. The summed E-state index contributed by atoms with van der Waals surface area (Å²) in [5.41, 5.74) is 4.26. The summed E-state index contributed by atoms with van der Waals surface area (Å²) in [4.78, 5) is 21.7. The van der Waals surface area contributed by atoms with Crippen LogP contribution in [0.3, 0.4) is 0 Å². The molecule has 7 nitrogen and oxygen atoms in total. The Bertz CT molecular complexity index is 1750. The van der Waals surface area contributed by atoms with Crippen molar-refractivity contribution in [2.24, 2.45) is 0 Å². The van der Waals surface area contributed by atoms with Gasteiger partial charge in [-0.15, -0.1) is 22.7 Å². The van der Waals surface area contributed by atoms with Crippen molar-refractivity contribution in [3.63, 3.8) is 0 Å². The molecule has 0 fully saturated rings. The lowest BCUT2D eigenvalue weighted by molar-refractivity contribution is -0.113. The van der Waals surface area contributed by atoms with Crippen LogP contribution in [0, 0.1) is 0 Å². The number of carbonyl (C=O) groups excluding carboxylic acids is 1. The average Bonchev–Trinajstić information content (AvgIpc) is 3.53. The number of carbonyl (C=O) groups is 1. The highest BCUT2D eigenvalue weighted by atomic mass is 32.2. The molecule has 0 atom stereocenters. The van der Waals surface area contributed by atoms with Crippen LogP contribution in [0.2, 0.25) is 0 Å². The number of hydrogen-bond donors (Lipinski definition) is 1. The van der Waals surface area contributed by atoms with Crippen molar-refractivity contribution in [3.05, 3.63) is 94.9 Å². The van der Waals surface area contributed by atoms with Gasteiger partial charge in [-0.3, -0.25) is 9.69 Å². The number of aromatic nitrogens is 1. The molecule has 5 aromatic rings. The summed E-state index contributed by atoms with van der Waals surface area (Å²) in [5, 5.41) is 4.44. The fraction of sp³-hybridized carbons (Fsp3) is 0.200. The minimum Gasteiger partial charge on any atom is -0.497 e. The molecule has 1 amide bonds. The molecule has 0 aliphatic carbocycles. The molecule has 2 aromatic heterocycles. The van der Waals surface area contributed by atoms with E-state index in [1.165, 1.54) is 46.6 Å². The molecule has 3 aromatic carbocycles. The monoisotopic (exact) mass is 589 g/mol. The number of benzene rings is 3. The Morgan fingerprint density at radius 2 is 1.75 bits per heavy atom. The first-order valence-corrected chi connectivity index (χ1v) is 16.1. The fourth-order valence-corrected chi connectivity index (χ4v) is 8.48. The van der Waals surface area contributed by atoms with Gasteiger partial charge in [-0.2, -0.15) is 0 Å². The Morgan fingerprint density at radius 3 is 2.50 bits per heavy atom. The first-order valence-electron chi connectivity index (χ1n) is 12.8. The first kappa shape index (κ1) is 26.6. The number of rotatable bonds is 8. The second-order valence-electron chi connectivity index (χ2n) is 9.62. The maximum absolute atomic E-state index is 13.2. The number of anilines is 1. The van der Waals surface area contributed by atoms with E-state index in [0.29, 0.717) is 10.8 Å². The highest BCUT2D eigenvalue weighted by Crippen LogP contribution is 2.45. The summed E-state index contributed by atoms with van der Waals surface area (Å²) in [5.74, 6) is -0.673. The van der Waals surface area contributed by atoms with Gasteiger partial charge in [-0.25, -0.2) is 13.4 Å². The van der Waals surface area contributed by atoms with Gasteiger partial charge < -0.3 is 10.1 Å². The lowest BCUT2D eigenvalue weighted by atomic mass is 10.0. The zero-order valence-corrected chi connectivity index (χ0v) is 24.2. The highest BCUT2D eigenvalue weighted by molar-refractivity contribution is 7.92. The summed E-state index contributed by atoms with van der Waals surface area (Å²) >= 11 is 3.10. The van der Waals surface area contributed by atoms with Crippen LogP contribution in [-0.4, -0.2) is 43.6 Å². The molecule has 3 heterocycles. The van der Waals surface area contributed by atoms with Crippen LogP contribution >= 0.6 is 22.7 Å². The molecule has 204 valence electrons. The highest BCUT2D eigenvalue weighted by Gasteiger charge is 2.29. The maximum atomic E-state index is 13.2. The van der Waals surface area contributed by atoms with E-state index in [4.69, 9.17) is 9.72 Å². The molecule has 40 heavy (non-hydrogen) atoms. The van der Waals surface area contributed by atoms with Crippen molar-refractivity contribution >= 4 is 53.6 Å². The quantitative estimate of drug-likeness (QED) is 0.239. The third kappa shape index (κ3) is 5.53. The number of amides is 1. The maximum Gasteiger partial charge on any atom is 0.240 e. The number of methoxy groups -OCH3 is 1. The molecule has 0 spiro atoms. The van der Waals surface area contributed by atoms with Crippen LogP contribution in [-0.2, 0) is 34.1 Å².